The highest BCUT2D eigenvalue weighted by Gasteiger charge is 2.15. The third kappa shape index (κ3) is 3.52. The largest absolute Gasteiger partial charge is 0.486 e. The van der Waals surface area contributed by atoms with E-state index in [0.29, 0.717) is 41.1 Å². The second-order valence-corrected chi connectivity index (χ2v) is 6.01. The van der Waals surface area contributed by atoms with Crippen molar-refractivity contribution in [2.75, 3.05) is 19.0 Å². The number of hydrogen-bond donors (Lipinski definition) is 0. The fourth-order valence-electron chi connectivity index (χ4n) is 1.98. The number of rotatable bonds is 4. The lowest BCUT2D eigenvalue weighted by Gasteiger charge is -2.18. The number of ether oxygens (including phenoxy) is 2. The summed E-state index contributed by atoms with van der Waals surface area (Å²) in [6.07, 6.45) is 0. The Labute approximate surface area is 132 Å². The van der Waals surface area contributed by atoms with E-state index >= 15 is 0 Å². The Hall–Kier alpha value is -1.65. The van der Waals surface area contributed by atoms with E-state index < -0.39 is 0 Å². The van der Waals surface area contributed by atoms with Gasteiger partial charge in [-0.05, 0) is 42.5 Å². The van der Waals surface area contributed by atoms with E-state index in [0.717, 1.165) is 4.90 Å². The van der Waals surface area contributed by atoms with Gasteiger partial charge in [0.15, 0.2) is 17.3 Å². The molecule has 2 aromatic rings. The van der Waals surface area contributed by atoms with E-state index in [1.54, 1.807) is 18.2 Å². The Kier molecular flexibility index (Phi) is 4.36. The van der Waals surface area contributed by atoms with E-state index in [4.69, 9.17) is 21.1 Å². The van der Waals surface area contributed by atoms with Gasteiger partial charge in [-0.3, -0.25) is 4.79 Å². The lowest BCUT2D eigenvalue weighted by atomic mass is 10.1. The summed E-state index contributed by atoms with van der Waals surface area (Å²) < 4.78 is 10.9. The number of hydrogen-bond acceptors (Lipinski definition) is 4. The molecular weight excluding hydrogens is 308 g/mol. The second-order valence-electron chi connectivity index (χ2n) is 4.52. The van der Waals surface area contributed by atoms with Crippen molar-refractivity contribution >= 4 is 29.1 Å². The van der Waals surface area contributed by atoms with Crippen molar-refractivity contribution in [1.29, 1.82) is 0 Å². The monoisotopic (exact) mass is 320 g/mol. The minimum absolute atomic E-state index is 0.0620. The molecule has 1 aliphatic rings. The van der Waals surface area contributed by atoms with Crippen molar-refractivity contribution in [3.63, 3.8) is 0 Å². The van der Waals surface area contributed by atoms with Crippen LogP contribution in [0.5, 0.6) is 11.5 Å². The predicted molar refractivity (Wildman–Crippen MR) is 83.9 cm³/mol. The topological polar surface area (TPSA) is 35.5 Å². The molecule has 5 heteroatoms. The summed E-state index contributed by atoms with van der Waals surface area (Å²) in [5, 5.41) is 0.692. The van der Waals surface area contributed by atoms with Crippen LogP contribution in [0.15, 0.2) is 47.4 Å². The number of thioether (sulfide) groups is 1. The Morgan fingerprint density at radius 3 is 2.52 bits per heavy atom. The molecule has 0 saturated carbocycles. The predicted octanol–water partition coefficient (Wildman–Crippen LogP) is 4.09. The highest BCUT2D eigenvalue weighted by molar-refractivity contribution is 8.00. The Morgan fingerprint density at radius 2 is 1.76 bits per heavy atom. The van der Waals surface area contributed by atoms with E-state index in [2.05, 4.69) is 0 Å². The molecule has 21 heavy (non-hydrogen) atoms. The first-order chi connectivity index (χ1) is 10.2. The van der Waals surface area contributed by atoms with Gasteiger partial charge in [0.25, 0.3) is 0 Å². The molecule has 1 heterocycles. The maximum Gasteiger partial charge on any atom is 0.173 e. The molecule has 108 valence electrons. The summed E-state index contributed by atoms with van der Waals surface area (Å²) in [4.78, 5) is 13.2. The molecule has 0 aromatic heterocycles. The molecule has 0 N–H and O–H groups in total. The highest BCUT2D eigenvalue weighted by atomic mass is 35.5. The van der Waals surface area contributed by atoms with E-state index in [-0.39, 0.29) is 5.78 Å². The standard InChI is InChI=1S/C16H13ClO3S/c17-12-2-4-13(5-3-12)21-10-14(18)11-1-6-15-16(9-11)20-8-7-19-15/h1-6,9H,7-8,10H2. The van der Waals surface area contributed by atoms with Crippen LogP contribution in [0, 0.1) is 0 Å². The van der Waals surface area contributed by atoms with E-state index in [1.807, 2.05) is 24.3 Å². The van der Waals surface area contributed by atoms with Crippen molar-refractivity contribution in [1.82, 2.24) is 0 Å². The van der Waals surface area contributed by atoms with Crippen LogP contribution in [0.2, 0.25) is 5.02 Å². The lowest BCUT2D eigenvalue weighted by Crippen LogP contribution is -2.16. The van der Waals surface area contributed by atoms with Gasteiger partial charge >= 0.3 is 0 Å². The van der Waals surface area contributed by atoms with Crippen LogP contribution < -0.4 is 9.47 Å². The lowest BCUT2D eigenvalue weighted by molar-refractivity contribution is 0.102. The van der Waals surface area contributed by atoms with Crippen LogP contribution in [-0.2, 0) is 0 Å². The molecular formula is C16H13ClO3S. The second kappa shape index (κ2) is 6.41. The van der Waals surface area contributed by atoms with Crippen LogP contribution in [-0.4, -0.2) is 24.7 Å². The molecule has 0 spiro atoms. The number of benzene rings is 2. The molecule has 1 aliphatic heterocycles. The zero-order chi connectivity index (χ0) is 14.7. The van der Waals surface area contributed by atoms with Crippen LogP contribution >= 0.6 is 23.4 Å². The number of Topliss-reactive ketones (excluding diaryl/α,β-unsaturated/α-hetero) is 1. The molecule has 0 aliphatic carbocycles. The quantitative estimate of drug-likeness (QED) is 0.628. The SMILES string of the molecule is O=C(CSc1ccc(Cl)cc1)c1ccc2c(c1)OCCO2. The van der Waals surface area contributed by atoms with Crippen molar-refractivity contribution in [2.45, 2.75) is 4.90 Å². The fourth-order valence-corrected chi connectivity index (χ4v) is 2.90. The van der Waals surface area contributed by atoms with Gasteiger partial charge in [0.05, 0.1) is 5.75 Å². The summed E-state index contributed by atoms with van der Waals surface area (Å²) in [7, 11) is 0. The summed E-state index contributed by atoms with van der Waals surface area (Å²) in [6.45, 7) is 1.07. The minimum atomic E-state index is 0.0620. The molecule has 0 fully saturated rings. The van der Waals surface area contributed by atoms with Crippen LogP contribution in [0.25, 0.3) is 0 Å². The first-order valence-electron chi connectivity index (χ1n) is 6.53. The minimum Gasteiger partial charge on any atom is -0.486 e. The third-order valence-electron chi connectivity index (χ3n) is 3.05. The maximum absolute atomic E-state index is 12.2. The van der Waals surface area contributed by atoms with Gasteiger partial charge in [0, 0.05) is 15.5 Å². The van der Waals surface area contributed by atoms with E-state index in [9.17, 15) is 4.79 Å². The number of carbonyl (C=O) groups excluding carboxylic acids is 1. The zero-order valence-corrected chi connectivity index (χ0v) is 12.7. The van der Waals surface area contributed by atoms with Crippen molar-refractivity contribution in [3.05, 3.63) is 53.1 Å². The Morgan fingerprint density at radius 1 is 1.05 bits per heavy atom. The average Bonchev–Trinajstić information content (AvgIpc) is 2.53. The van der Waals surface area contributed by atoms with Gasteiger partial charge < -0.3 is 9.47 Å². The van der Waals surface area contributed by atoms with Crippen molar-refractivity contribution in [2.24, 2.45) is 0 Å². The summed E-state index contributed by atoms with van der Waals surface area (Å²) >= 11 is 7.32. The fraction of sp³-hybridized carbons (Fsp3) is 0.188. The maximum atomic E-state index is 12.2. The first kappa shape index (κ1) is 14.3. The van der Waals surface area contributed by atoms with Gasteiger partial charge in [-0.1, -0.05) is 11.6 Å². The third-order valence-corrected chi connectivity index (χ3v) is 4.31. The smallest absolute Gasteiger partial charge is 0.173 e. The van der Waals surface area contributed by atoms with Gasteiger partial charge in [-0.2, -0.15) is 0 Å². The zero-order valence-electron chi connectivity index (χ0n) is 11.2. The number of halogens is 1. The van der Waals surface area contributed by atoms with E-state index in [1.165, 1.54) is 11.8 Å². The van der Waals surface area contributed by atoms with Crippen LogP contribution in [0.1, 0.15) is 10.4 Å². The summed E-state index contributed by atoms with van der Waals surface area (Å²) in [5.74, 6) is 1.78. The molecule has 0 unspecified atom stereocenters. The van der Waals surface area contributed by atoms with Crippen LogP contribution in [0.4, 0.5) is 0 Å². The highest BCUT2D eigenvalue weighted by Crippen LogP contribution is 2.31. The number of carbonyl (C=O) groups is 1. The molecule has 0 bridgehead atoms. The van der Waals surface area contributed by atoms with Crippen LogP contribution in [0.3, 0.4) is 0 Å². The van der Waals surface area contributed by atoms with Gasteiger partial charge in [-0.15, -0.1) is 11.8 Å². The molecule has 0 radical (unpaired) electrons. The molecule has 0 saturated heterocycles. The summed E-state index contributed by atoms with van der Waals surface area (Å²) in [5.41, 5.74) is 0.640. The molecule has 0 atom stereocenters. The Balaban J connectivity index is 1.66. The van der Waals surface area contributed by atoms with Gasteiger partial charge in [0.1, 0.15) is 13.2 Å². The normalized spacial score (nSPS) is 13.0. The number of ketones is 1. The molecule has 3 nitrogen and oxygen atoms in total. The van der Waals surface area contributed by atoms with Gasteiger partial charge in [-0.25, -0.2) is 0 Å². The average molecular weight is 321 g/mol. The molecule has 0 amide bonds. The first-order valence-corrected chi connectivity index (χ1v) is 7.90. The summed E-state index contributed by atoms with van der Waals surface area (Å²) in [6, 6.07) is 12.8. The number of fused-ring (bicyclic) bond motifs is 1. The Bertz CT molecular complexity index is 655. The van der Waals surface area contributed by atoms with Gasteiger partial charge in [0.2, 0.25) is 0 Å². The van der Waals surface area contributed by atoms with Crippen molar-refractivity contribution < 1.29 is 14.3 Å². The molecule has 3 rings (SSSR count). The van der Waals surface area contributed by atoms with Crippen molar-refractivity contribution in [3.8, 4) is 11.5 Å². The molecule has 2 aromatic carbocycles.